The third-order valence-corrected chi connectivity index (χ3v) is 6.07. The maximum absolute atomic E-state index is 10.8. The molecule has 2 fully saturated rings. The second-order valence-corrected chi connectivity index (χ2v) is 7.87. The Balaban J connectivity index is 1.52. The summed E-state index contributed by atoms with van der Waals surface area (Å²) in [6.07, 6.45) is -2.74. The van der Waals surface area contributed by atoms with E-state index in [1.54, 1.807) is 7.11 Å². The first-order chi connectivity index (χ1) is 14.2. The number of thioether (sulfide) groups is 1. The number of ether oxygens (including phenoxy) is 4. The summed E-state index contributed by atoms with van der Waals surface area (Å²) in [6, 6.07) is 16.2. The second kappa shape index (κ2) is 9.04. The van der Waals surface area contributed by atoms with Crippen molar-refractivity contribution < 1.29 is 24.1 Å². The van der Waals surface area contributed by atoms with E-state index in [0.717, 1.165) is 16.2 Å². The van der Waals surface area contributed by atoms with Gasteiger partial charge in [0.1, 0.15) is 29.5 Å². The SMILES string of the molecule is COc1ccc(C2OC[C@H]3O[C@@H](Sc4ccccc4)[C@H](O)[C@@H](N=[N+]=[N-])[C@H]3O2)cc1. The normalized spacial score (nSPS) is 31.4. The van der Waals surface area contributed by atoms with E-state index in [2.05, 4.69) is 10.0 Å². The predicted molar refractivity (Wildman–Crippen MR) is 106 cm³/mol. The van der Waals surface area contributed by atoms with Crippen molar-refractivity contribution in [2.75, 3.05) is 13.7 Å². The van der Waals surface area contributed by atoms with Gasteiger partial charge in [-0.3, -0.25) is 0 Å². The third kappa shape index (κ3) is 4.35. The molecule has 2 heterocycles. The van der Waals surface area contributed by atoms with Crippen LogP contribution >= 0.6 is 11.8 Å². The molecular weight excluding hydrogens is 394 g/mol. The fraction of sp³-hybridized carbons (Fsp3) is 0.400. The Hall–Kier alpha value is -2.26. The van der Waals surface area contributed by atoms with Crippen molar-refractivity contribution in [3.8, 4) is 5.75 Å². The number of fused-ring (bicyclic) bond motifs is 1. The third-order valence-electron chi connectivity index (χ3n) is 4.90. The lowest BCUT2D eigenvalue weighted by atomic mass is 9.97. The van der Waals surface area contributed by atoms with Crippen LogP contribution in [0.1, 0.15) is 11.9 Å². The van der Waals surface area contributed by atoms with Crippen molar-refractivity contribution in [1.29, 1.82) is 0 Å². The number of hydrogen-bond donors (Lipinski definition) is 1. The molecule has 9 heteroatoms. The summed E-state index contributed by atoms with van der Waals surface area (Å²) in [7, 11) is 1.60. The molecule has 1 N–H and O–H groups in total. The Morgan fingerprint density at radius 1 is 1.14 bits per heavy atom. The van der Waals surface area contributed by atoms with Crippen molar-refractivity contribution in [1.82, 2.24) is 0 Å². The lowest BCUT2D eigenvalue weighted by molar-refractivity contribution is -0.297. The molecule has 1 unspecified atom stereocenters. The molecule has 0 radical (unpaired) electrons. The summed E-state index contributed by atoms with van der Waals surface area (Å²) < 4.78 is 23.2. The van der Waals surface area contributed by atoms with E-state index in [-0.39, 0.29) is 6.61 Å². The maximum Gasteiger partial charge on any atom is 0.184 e. The molecule has 2 aromatic carbocycles. The molecule has 0 aromatic heterocycles. The first kappa shape index (κ1) is 20.0. The van der Waals surface area contributed by atoms with E-state index in [1.807, 2.05) is 54.6 Å². The van der Waals surface area contributed by atoms with Gasteiger partial charge >= 0.3 is 0 Å². The van der Waals surface area contributed by atoms with E-state index in [9.17, 15) is 5.11 Å². The number of benzene rings is 2. The summed E-state index contributed by atoms with van der Waals surface area (Å²) in [5, 5.41) is 14.7. The van der Waals surface area contributed by atoms with Gasteiger partial charge in [-0.1, -0.05) is 47.2 Å². The zero-order chi connectivity index (χ0) is 20.2. The zero-order valence-corrected chi connectivity index (χ0v) is 16.5. The average molecular weight is 415 g/mol. The first-order valence-corrected chi connectivity index (χ1v) is 10.1. The molecule has 0 spiro atoms. The van der Waals surface area contributed by atoms with Crippen LogP contribution < -0.4 is 4.74 Å². The fourth-order valence-electron chi connectivity index (χ4n) is 3.43. The van der Waals surface area contributed by atoms with Gasteiger partial charge in [0.2, 0.25) is 0 Å². The summed E-state index contributed by atoms with van der Waals surface area (Å²) >= 11 is 1.38. The highest BCUT2D eigenvalue weighted by molar-refractivity contribution is 7.99. The summed E-state index contributed by atoms with van der Waals surface area (Å²) in [6.45, 7) is 0.261. The van der Waals surface area contributed by atoms with Gasteiger partial charge < -0.3 is 24.1 Å². The predicted octanol–water partition coefficient (Wildman–Crippen LogP) is 3.67. The van der Waals surface area contributed by atoms with Crippen LogP contribution in [0.5, 0.6) is 5.75 Å². The number of methoxy groups -OCH3 is 1. The van der Waals surface area contributed by atoms with Gasteiger partial charge in [0.25, 0.3) is 0 Å². The Bertz CT molecular complexity index is 862. The molecule has 2 aromatic rings. The van der Waals surface area contributed by atoms with E-state index in [4.69, 9.17) is 24.5 Å². The number of hydrogen-bond acceptors (Lipinski definition) is 7. The standard InChI is InChI=1S/C20H21N3O5S/c1-25-13-9-7-12(8-10-13)19-26-11-15-18(28-19)16(22-23-21)17(24)20(27-15)29-14-5-3-2-4-6-14/h2-10,15-20,24H,11H2,1H3/t15-,16-,17-,18+,19?,20+/m1/s1. The highest BCUT2D eigenvalue weighted by atomic mass is 32.2. The topological polar surface area (TPSA) is 106 Å². The molecular formula is C20H21N3O5S. The van der Waals surface area contributed by atoms with Crippen molar-refractivity contribution >= 4 is 11.8 Å². The van der Waals surface area contributed by atoms with Gasteiger partial charge in [0.15, 0.2) is 6.29 Å². The van der Waals surface area contributed by atoms with Crippen LogP contribution in [-0.2, 0) is 14.2 Å². The van der Waals surface area contributed by atoms with Crippen LogP contribution in [0.4, 0.5) is 0 Å². The smallest absolute Gasteiger partial charge is 0.184 e. The highest BCUT2D eigenvalue weighted by Crippen LogP contribution is 2.40. The van der Waals surface area contributed by atoms with Crippen molar-refractivity contribution in [3.63, 3.8) is 0 Å². The molecule has 0 saturated carbocycles. The van der Waals surface area contributed by atoms with Gasteiger partial charge in [-0.25, -0.2) is 0 Å². The largest absolute Gasteiger partial charge is 0.497 e. The molecule has 8 nitrogen and oxygen atoms in total. The number of azide groups is 1. The Labute approximate surface area is 172 Å². The fourth-order valence-corrected chi connectivity index (χ4v) is 4.51. The average Bonchev–Trinajstić information content (AvgIpc) is 2.77. The van der Waals surface area contributed by atoms with Crippen LogP contribution in [0, 0.1) is 0 Å². The van der Waals surface area contributed by atoms with Crippen LogP contribution in [0.25, 0.3) is 10.4 Å². The zero-order valence-electron chi connectivity index (χ0n) is 15.7. The van der Waals surface area contributed by atoms with Crippen LogP contribution in [-0.4, -0.2) is 48.6 Å². The molecule has 0 aliphatic carbocycles. The van der Waals surface area contributed by atoms with Crippen LogP contribution in [0.15, 0.2) is 64.6 Å². The monoisotopic (exact) mass is 415 g/mol. The van der Waals surface area contributed by atoms with Gasteiger partial charge in [0, 0.05) is 15.4 Å². The minimum atomic E-state index is -1.02. The molecule has 2 aliphatic heterocycles. The number of aliphatic hydroxyl groups excluding tert-OH is 1. The highest BCUT2D eigenvalue weighted by Gasteiger charge is 2.49. The molecule has 2 saturated heterocycles. The maximum atomic E-state index is 10.8. The Morgan fingerprint density at radius 2 is 1.90 bits per heavy atom. The Kier molecular flexibility index (Phi) is 6.25. The summed E-state index contributed by atoms with van der Waals surface area (Å²) in [5.74, 6) is 0.728. The van der Waals surface area contributed by atoms with Gasteiger partial charge in [-0.15, -0.1) is 0 Å². The summed E-state index contributed by atoms with van der Waals surface area (Å²) in [5.41, 5.74) is 9.25. The quantitative estimate of drug-likeness (QED) is 0.454. The van der Waals surface area contributed by atoms with Gasteiger partial charge in [0.05, 0.1) is 19.8 Å². The lowest BCUT2D eigenvalue weighted by Crippen LogP contribution is -2.60. The molecule has 0 amide bonds. The molecule has 152 valence electrons. The van der Waals surface area contributed by atoms with E-state index < -0.39 is 36.1 Å². The number of rotatable bonds is 5. The molecule has 2 aliphatic rings. The van der Waals surface area contributed by atoms with E-state index >= 15 is 0 Å². The minimum Gasteiger partial charge on any atom is -0.497 e. The first-order valence-electron chi connectivity index (χ1n) is 9.20. The Morgan fingerprint density at radius 3 is 2.59 bits per heavy atom. The number of nitrogens with zero attached hydrogens (tertiary/aromatic N) is 3. The van der Waals surface area contributed by atoms with Crippen molar-refractivity contribution in [2.24, 2.45) is 5.11 Å². The van der Waals surface area contributed by atoms with Crippen LogP contribution in [0.2, 0.25) is 0 Å². The minimum absolute atomic E-state index is 0.261. The van der Waals surface area contributed by atoms with Crippen LogP contribution in [0.3, 0.4) is 0 Å². The van der Waals surface area contributed by atoms with Crippen molar-refractivity contribution in [3.05, 3.63) is 70.6 Å². The second-order valence-electron chi connectivity index (χ2n) is 6.70. The molecule has 6 atom stereocenters. The molecule has 4 rings (SSSR count). The lowest BCUT2D eigenvalue weighted by Gasteiger charge is -2.46. The van der Waals surface area contributed by atoms with Gasteiger partial charge in [-0.2, -0.15) is 0 Å². The van der Waals surface area contributed by atoms with Crippen molar-refractivity contribution in [2.45, 2.75) is 41.0 Å². The molecule has 0 bridgehead atoms. The van der Waals surface area contributed by atoms with E-state index in [0.29, 0.717) is 0 Å². The van der Waals surface area contributed by atoms with E-state index in [1.165, 1.54) is 11.8 Å². The van der Waals surface area contributed by atoms with Gasteiger partial charge in [-0.05, 0) is 29.8 Å². The number of aliphatic hydroxyl groups is 1. The molecule has 29 heavy (non-hydrogen) atoms. The summed E-state index contributed by atoms with van der Waals surface area (Å²) in [4.78, 5) is 3.87.